The van der Waals surface area contributed by atoms with Crippen molar-refractivity contribution >= 4 is 10.9 Å². The van der Waals surface area contributed by atoms with Crippen LogP contribution >= 0.6 is 0 Å². The van der Waals surface area contributed by atoms with Gasteiger partial charge in [0.05, 0.1) is 5.52 Å². The van der Waals surface area contributed by atoms with Gasteiger partial charge in [0.1, 0.15) is 0 Å². The van der Waals surface area contributed by atoms with Gasteiger partial charge in [0, 0.05) is 24.2 Å². The van der Waals surface area contributed by atoms with Crippen LogP contribution < -0.4 is 5.32 Å². The summed E-state index contributed by atoms with van der Waals surface area (Å²) in [6.07, 6.45) is 0. The lowest BCUT2D eigenvalue weighted by molar-refractivity contribution is 0.605. The van der Waals surface area contributed by atoms with Crippen LogP contribution in [0.3, 0.4) is 0 Å². The number of hydrogen-bond acceptors (Lipinski definition) is 1. The van der Waals surface area contributed by atoms with Gasteiger partial charge in [-0.3, -0.25) is 0 Å². The standard InChI is InChI=1S/C15H22N2/c1-9-7-8-13-11(3)14(12(4)16-5)17(6)15(13)10(9)2/h7-8,12,16H,1-6H3. The topological polar surface area (TPSA) is 17.0 Å². The van der Waals surface area contributed by atoms with Gasteiger partial charge in [-0.2, -0.15) is 0 Å². The minimum Gasteiger partial charge on any atom is -0.346 e. The molecule has 2 heteroatoms. The molecule has 0 saturated heterocycles. The summed E-state index contributed by atoms with van der Waals surface area (Å²) < 4.78 is 2.34. The highest BCUT2D eigenvalue weighted by molar-refractivity contribution is 5.88. The van der Waals surface area contributed by atoms with Gasteiger partial charge >= 0.3 is 0 Å². The van der Waals surface area contributed by atoms with Crippen LogP contribution in [0.1, 0.15) is 35.3 Å². The van der Waals surface area contributed by atoms with E-state index in [2.05, 4.69) is 56.8 Å². The largest absolute Gasteiger partial charge is 0.346 e. The first kappa shape index (κ1) is 12.2. The molecule has 0 bridgehead atoms. The lowest BCUT2D eigenvalue weighted by Crippen LogP contribution is -2.16. The van der Waals surface area contributed by atoms with Crippen molar-refractivity contribution in [2.75, 3.05) is 7.05 Å². The first-order chi connectivity index (χ1) is 7.99. The molecule has 0 spiro atoms. The lowest BCUT2D eigenvalue weighted by atomic mass is 10.0. The average Bonchev–Trinajstić information content (AvgIpc) is 2.56. The normalized spacial score (nSPS) is 13.3. The summed E-state index contributed by atoms with van der Waals surface area (Å²) >= 11 is 0. The maximum atomic E-state index is 3.34. The molecule has 0 aliphatic rings. The van der Waals surface area contributed by atoms with Crippen LogP contribution in [0.5, 0.6) is 0 Å². The van der Waals surface area contributed by atoms with E-state index in [0.29, 0.717) is 6.04 Å². The van der Waals surface area contributed by atoms with Crippen molar-refractivity contribution in [3.05, 3.63) is 34.5 Å². The van der Waals surface area contributed by atoms with Crippen molar-refractivity contribution in [1.29, 1.82) is 0 Å². The summed E-state index contributed by atoms with van der Waals surface area (Å²) in [6.45, 7) is 8.83. The van der Waals surface area contributed by atoms with Crippen LogP contribution in [-0.2, 0) is 7.05 Å². The molecule has 0 saturated carbocycles. The predicted octanol–water partition coefficient (Wildman–Crippen LogP) is 3.38. The number of benzene rings is 1. The zero-order chi connectivity index (χ0) is 12.7. The van der Waals surface area contributed by atoms with E-state index in [0.717, 1.165) is 0 Å². The molecule has 1 aromatic carbocycles. The van der Waals surface area contributed by atoms with Crippen LogP contribution in [0.15, 0.2) is 12.1 Å². The van der Waals surface area contributed by atoms with E-state index in [1.165, 1.54) is 33.3 Å². The van der Waals surface area contributed by atoms with E-state index in [9.17, 15) is 0 Å². The quantitative estimate of drug-likeness (QED) is 0.837. The van der Waals surface area contributed by atoms with Crippen LogP contribution in [0.4, 0.5) is 0 Å². The first-order valence-electron chi connectivity index (χ1n) is 6.21. The van der Waals surface area contributed by atoms with E-state index in [1.54, 1.807) is 0 Å². The molecule has 0 aliphatic carbocycles. The summed E-state index contributed by atoms with van der Waals surface area (Å²) in [7, 11) is 4.19. The van der Waals surface area contributed by atoms with Crippen molar-refractivity contribution in [1.82, 2.24) is 9.88 Å². The Hall–Kier alpha value is -1.28. The van der Waals surface area contributed by atoms with E-state index in [-0.39, 0.29) is 0 Å². The third-order valence-corrected chi connectivity index (χ3v) is 4.03. The zero-order valence-corrected chi connectivity index (χ0v) is 11.7. The van der Waals surface area contributed by atoms with E-state index in [4.69, 9.17) is 0 Å². The van der Waals surface area contributed by atoms with Crippen LogP contribution in [0, 0.1) is 20.8 Å². The van der Waals surface area contributed by atoms with E-state index >= 15 is 0 Å². The van der Waals surface area contributed by atoms with Crippen molar-refractivity contribution in [3.8, 4) is 0 Å². The second kappa shape index (κ2) is 4.19. The second-order valence-corrected chi connectivity index (χ2v) is 4.98. The van der Waals surface area contributed by atoms with Gasteiger partial charge in [-0.05, 0) is 51.4 Å². The Bertz CT molecular complexity index is 564. The number of hydrogen-bond donors (Lipinski definition) is 1. The highest BCUT2D eigenvalue weighted by atomic mass is 15.0. The molecule has 2 rings (SSSR count). The number of rotatable bonds is 2. The highest BCUT2D eigenvalue weighted by Gasteiger charge is 2.17. The fourth-order valence-electron chi connectivity index (χ4n) is 2.80. The number of fused-ring (bicyclic) bond motifs is 1. The third kappa shape index (κ3) is 1.67. The Balaban J connectivity index is 2.85. The fourth-order valence-corrected chi connectivity index (χ4v) is 2.80. The fraction of sp³-hybridized carbons (Fsp3) is 0.467. The van der Waals surface area contributed by atoms with Crippen molar-refractivity contribution in [2.24, 2.45) is 7.05 Å². The second-order valence-electron chi connectivity index (χ2n) is 4.98. The zero-order valence-electron chi connectivity index (χ0n) is 11.7. The van der Waals surface area contributed by atoms with Gasteiger partial charge in [0.2, 0.25) is 0 Å². The predicted molar refractivity (Wildman–Crippen MR) is 74.6 cm³/mol. The molecule has 2 aromatic rings. The summed E-state index contributed by atoms with van der Waals surface area (Å²) in [5, 5.41) is 4.72. The Labute approximate surface area is 104 Å². The molecular formula is C15H22N2. The Kier molecular flexibility index (Phi) is 3.00. The van der Waals surface area contributed by atoms with Crippen LogP contribution in [0.25, 0.3) is 10.9 Å². The van der Waals surface area contributed by atoms with Crippen molar-refractivity contribution < 1.29 is 0 Å². The van der Waals surface area contributed by atoms with Gasteiger partial charge in [0.25, 0.3) is 0 Å². The molecular weight excluding hydrogens is 208 g/mol. The number of aryl methyl sites for hydroxylation is 4. The van der Waals surface area contributed by atoms with E-state index in [1.807, 2.05) is 7.05 Å². The number of nitrogens with zero attached hydrogens (tertiary/aromatic N) is 1. The van der Waals surface area contributed by atoms with Gasteiger partial charge in [-0.15, -0.1) is 0 Å². The Morgan fingerprint density at radius 3 is 2.35 bits per heavy atom. The van der Waals surface area contributed by atoms with Crippen molar-refractivity contribution in [3.63, 3.8) is 0 Å². The van der Waals surface area contributed by atoms with Crippen molar-refractivity contribution in [2.45, 2.75) is 33.7 Å². The lowest BCUT2D eigenvalue weighted by Gasteiger charge is -2.14. The van der Waals surface area contributed by atoms with Crippen LogP contribution in [-0.4, -0.2) is 11.6 Å². The van der Waals surface area contributed by atoms with Gasteiger partial charge in [0.15, 0.2) is 0 Å². The molecule has 1 atom stereocenters. The summed E-state index contributed by atoms with van der Waals surface area (Å²) in [5.41, 5.74) is 6.91. The maximum Gasteiger partial charge on any atom is 0.0515 e. The molecule has 1 aromatic heterocycles. The number of nitrogens with one attached hydrogen (secondary N) is 1. The summed E-state index contributed by atoms with van der Waals surface area (Å²) in [6, 6.07) is 4.85. The summed E-state index contributed by atoms with van der Waals surface area (Å²) in [5.74, 6) is 0. The molecule has 0 amide bonds. The van der Waals surface area contributed by atoms with Gasteiger partial charge in [-0.1, -0.05) is 12.1 Å². The monoisotopic (exact) mass is 230 g/mol. The Morgan fingerprint density at radius 1 is 1.12 bits per heavy atom. The maximum absolute atomic E-state index is 3.34. The third-order valence-electron chi connectivity index (χ3n) is 4.03. The molecule has 0 aliphatic heterocycles. The molecule has 1 heterocycles. The van der Waals surface area contributed by atoms with Crippen LogP contribution in [0.2, 0.25) is 0 Å². The average molecular weight is 230 g/mol. The minimum atomic E-state index is 0.382. The Morgan fingerprint density at radius 2 is 1.76 bits per heavy atom. The minimum absolute atomic E-state index is 0.382. The molecule has 92 valence electrons. The highest BCUT2D eigenvalue weighted by Crippen LogP contribution is 2.31. The van der Waals surface area contributed by atoms with Gasteiger partial charge < -0.3 is 9.88 Å². The molecule has 0 radical (unpaired) electrons. The number of aromatic nitrogens is 1. The van der Waals surface area contributed by atoms with Gasteiger partial charge in [-0.25, -0.2) is 0 Å². The molecule has 1 unspecified atom stereocenters. The molecule has 1 N–H and O–H groups in total. The molecule has 0 fully saturated rings. The van der Waals surface area contributed by atoms with E-state index < -0.39 is 0 Å². The smallest absolute Gasteiger partial charge is 0.0515 e. The molecule has 2 nitrogen and oxygen atoms in total. The SMILES string of the molecule is CNC(C)c1c(C)c2ccc(C)c(C)c2n1C. The summed E-state index contributed by atoms with van der Waals surface area (Å²) in [4.78, 5) is 0. The molecule has 17 heavy (non-hydrogen) atoms. The first-order valence-corrected chi connectivity index (χ1v) is 6.21.